The van der Waals surface area contributed by atoms with Crippen LogP contribution in [0, 0.1) is 17.8 Å². The number of allylic oxidation sites excluding steroid dienone is 2. The summed E-state index contributed by atoms with van der Waals surface area (Å²) in [5, 5.41) is 3.05. The third kappa shape index (κ3) is 2.92. The van der Waals surface area contributed by atoms with Crippen molar-refractivity contribution in [1.82, 2.24) is 0 Å². The minimum Gasteiger partial charge on any atom is -0.326 e. The SMILES string of the molecule is O=C(Nc1ccc(Br)cc1)C1C2CCC=CCCC21. The molecule has 2 atom stereocenters. The van der Waals surface area contributed by atoms with Crippen LogP contribution in [0.3, 0.4) is 0 Å². The zero-order valence-corrected chi connectivity index (χ0v) is 12.4. The lowest BCUT2D eigenvalue weighted by atomic mass is 10.1. The second-order valence-corrected chi connectivity index (χ2v) is 6.39. The molecule has 1 aromatic carbocycles. The Morgan fingerprint density at radius 2 is 1.63 bits per heavy atom. The molecule has 0 spiro atoms. The predicted octanol–water partition coefficient (Wildman–Crippen LogP) is 4.38. The lowest BCUT2D eigenvalue weighted by Crippen LogP contribution is -2.15. The van der Waals surface area contributed by atoms with Gasteiger partial charge in [0.1, 0.15) is 0 Å². The van der Waals surface area contributed by atoms with Gasteiger partial charge in [-0.1, -0.05) is 28.1 Å². The zero-order chi connectivity index (χ0) is 13.2. The summed E-state index contributed by atoms with van der Waals surface area (Å²) in [6.07, 6.45) is 9.11. The first-order chi connectivity index (χ1) is 9.25. The molecule has 2 nitrogen and oxygen atoms in total. The van der Waals surface area contributed by atoms with Crippen LogP contribution in [0.4, 0.5) is 5.69 Å². The van der Waals surface area contributed by atoms with Crippen LogP contribution in [0.2, 0.25) is 0 Å². The van der Waals surface area contributed by atoms with Crippen LogP contribution in [0.15, 0.2) is 40.9 Å². The van der Waals surface area contributed by atoms with Crippen LogP contribution in [0.1, 0.15) is 25.7 Å². The summed E-state index contributed by atoms with van der Waals surface area (Å²) in [4.78, 5) is 12.3. The molecular formula is C16H18BrNO. The van der Waals surface area contributed by atoms with E-state index in [1.807, 2.05) is 24.3 Å². The van der Waals surface area contributed by atoms with Crippen LogP contribution in [0.5, 0.6) is 0 Å². The van der Waals surface area contributed by atoms with E-state index in [2.05, 4.69) is 33.4 Å². The van der Waals surface area contributed by atoms with E-state index >= 15 is 0 Å². The van der Waals surface area contributed by atoms with E-state index in [0.717, 1.165) is 23.0 Å². The number of benzene rings is 1. The predicted molar refractivity (Wildman–Crippen MR) is 80.8 cm³/mol. The Kier molecular flexibility index (Phi) is 3.74. The highest BCUT2D eigenvalue weighted by atomic mass is 79.9. The maximum atomic E-state index is 12.3. The van der Waals surface area contributed by atoms with E-state index in [1.54, 1.807) is 0 Å². The Hall–Kier alpha value is -1.09. The Balaban J connectivity index is 1.61. The van der Waals surface area contributed by atoms with Gasteiger partial charge in [0.05, 0.1) is 0 Å². The van der Waals surface area contributed by atoms with Crippen molar-refractivity contribution in [2.45, 2.75) is 25.7 Å². The molecule has 1 fully saturated rings. The third-order valence-corrected chi connectivity index (χ3v) is 4.77. The monoisotopic (exact) mass is 319 g/mol. The van der Waals surface area contributed by atoms with E-state index < -0.39 is 0 Å². The molecule has 1 aromatic rings. The van der Waals surface area contributed by atoms with Crippen molar-refractivity contribution in [3.8, 4) is 0 Å². The molecule has 1 amide bonds. The Morgan fingerprint density at radius 3 is 2.21 bits per heavy atom. The van der Waals surface area contributed by atoms with Gasteiger partial charge in [-0.3, -0.25) is 4.79 Å². The first kappa shape index (κ1) is 12.9. The molecule has 3 rings (SSSR count). The van der Waals surface area contributed by atoms with Gasteiger partial charge in [-0.2, -0.15) is 0 Å². The quantitative estimate of drug-likeness (QED) is 0.805. The summed E-state index contributed by atoms with van der Waals surface area (Å²) in [5.41, 5.74) is 0.894. The van der Waals surface area contributed by atoms with Gasteiger partial charge in [-0.05, 0) is 61.8 Å². The largest absolute Gasteiger partial charge is 0.326 e. The van der Waals surface area contributed by atoms with Crippen molar-refractivity contribution in [1.29, 1.82) is 0 Å². The van der Waals surface area contributed by atoms with E-state index in [1.165, 1.54) is 12.8 Å². The van der Waals surface area contributed by atoms with Gasteiger partial charge in [0.25, 0.3) is 0 Å². The molecule has 0 heterocycles. The maximum absolute atomic E-state index is 12.3. The van der Waals surface area contributed by atoms with Gasteiger partial charge in [-0.15, -0.1) is 0 Å². The van der Waals surface area contributed by atoms with Gasteiger partial charge >= 0.3 is 0 Å². The smallest absolute Gasteiger partial charge is 0.228 e. The molecule has 1 saturated carbocycles. The minimum absolute atomic E-state index is 0.208. The number of fused-ring (bicyclic) bond motifs is 1. The van der Waals surface area contributed by atoms with E-state index in [4.69, 9.17) is 0 Å². The molecule has 0 bridgehead atoms. The number of amides is 1. The summed E-state index contributed by atoms with van der Waals surface area (Å²) in [7, 11) is 0. The molecule has 2 unspecified atom stereocenters. The van der Waals surface area contributed by atoms with Gasteiger partial charge in [0, 0.05) is 16.1 Å². The van der Waals surface area contributed by atoms with E-state index in [-0.39, 0.29) is 11.8 Å². The van der Waals surface area contributed by atoms with Crippen LogP contribution in [0.25, 0.3) is 0 Å². The summed E-state index contributed by atoms with van der Waals surface area (Å²) >= 11 is 3.40. The minimum atomic E-state index is 0.208. The molecule has 2 aliphatic rings. The lowest BCUT2D eigenvalue weighted by molar-refractivity contribution is -0.117. The fourth-order valence-electron chi connectivity index (χ4n) is 3.19. The van der Waals surface area contributed by atoms with Crippen molar-refractivity contribution in [2.24, 2.45) is 17.8 Å². The van der Waals surface area contributed by atoms with Crippen molar-refractivity contribution in [2.75, 3.05) is 5.32 Å². The summed E-state index contributed by atoms with van der Waals surface area (Å²) in [5.74, 6) is 1.67. The maximum Gasteiger partial charge on any atom is 0.228 e. The Bertz CT molecular complexity index is 478. The number of rotatable bonds is 2. The second kappa shape index (κ2) is 5.49. The molecule has 0 aliphatic heterocycles. The number of hydrogen-bond acceptors (Lipinski definition) is 1. The van der Waals surface area contributed by atoms with Crippen molar-refractivity contribution in [3.05, 3.63) is 40.9 Å². The second-order valence-electron chi connectivity index (χ2n) is 5.48. The number of nitrogens with one attached hydrogen (secondary N) is 1. The molecule has 3 heteroatoms. The molecule has 100 valence electrons. The highest BCUT2D eigenvalue weighted by Gasteiger charge is 2.53. The van der Waals surface area contributed by atoms with Crippen LogP contribution in [-0.2, 0) is 4.79 Å². The van der Waals surface area contributed by atoms with Gasteiger partial charge in [0.2, 0.25) is 5.91 Å². The normalized spacial score (nSPS) is 29.0. The number of anilines is 1. The van der Waals surface area contributed by atoms with Crippen molar-refractivity contribution >= 4 is 27.5 Å². The Labute approximate surface area is 122 Å². The fraction of sp³-hybridized carbons (Fsp3) is 0.438. The Morgan fingerprint density at radius 1 is 1.05 bits per heavy atom. The van der Waals surface area contributed by atoms with E-state index in [9.17, 15) is 4.79 Å². The summed E-state index contributed by atoms with van der Waals surface area (Å²) in [6.45, 7) is 0. The average molecular weight is 320 g/mol. The summed E-state index contributed by atoms with van der Waals surface area (Å²) < 4.78 is 1.03. The third-order valence-electron chi connectivity index (χ3n) is 4.25. The highest BCUT2D eigenvalue weighted by molar-refractivity contribution is 9.10. The van der Waals surface area contributed by atoms with Gasteiger partial charge < -0.3 is 5.32 Å². The molecule has 19 heavy (non-hydrogen) atoms. The zero-order valence-electron chi connectivity index (χ0n) is 10.8. The number of carbonyl (C=O) groups excluding carboxylic acids is 1. The summed E-state index contributed by atoms with van der Waals surface area (Å²) in [6, 6.07) is 7.78. The molecule has 2 aliphatic carbocycles. The number of hydrogen-bond donors (Lipinski definition) is 1. The molecule has 0 saturated heterocycles. The lowest BCUT2D eigenvalue weighted by Gasteiger charge is -2.04. The van der Waals surface area contributed by atoms with E-state index in [0.29, 0.717) is 11.8 Å². The molecular weight excluding hydrogens is 302 g/mol. The standard InChI is InChI=1S/C16H18BrNO/c17-11-7-9-12(10-8-11)18-16(19)15-13-5-3-1-2-4-6-14(13)15/h1-2,7-10,13-15H,3-6H2,(H,18,19). The number of carbonyl (C=O) groups is 1. The van der Waals surface area contributed by atoms with Crippen LogP contribution in [-0.4, -0.2) is 5.91 Å². The average Bonchev–Trinajstić information content (AvgIpc) is 3.03. The van der Waals surface area contributed by atoms with Crippen molar-refractivity contribution in [3.63, 3.8) is 0 Å². The molecule has 1 N–H and O–H groups in total. The first-order valence-corrected chi connectivity index (χ1v) is 7.76. The van der Waals surface area contributed by atoms with Crippen LogP contribution < -0.4 is 5.32 Å². The van der Waals surface area contributed by atoms with Crippen LogP contribution >= 0.6 is 15.9 Å². The molecule has 0 radical (unpaired) electrons. The van der Waals surface area contributed by atoms with Gasteiger partial charge in [-0.25, -0.2) is 0 Å². The highest BCUT2D eigenvalue weighted by Crippen LogP contribution is 2.53. The molecule has 0 aromatic heterocycles. The van der Waals surface area contributed by atoms with Gasteiger partial charge in [0.15, 0.2) is 0 Å². The number of halogens is 1. The van der Waals surface area contributed by atoms with Crippen molar-refractivity contribution < 1.29 is 4.79 Å². The fourth-order valence-corrected chi connectivity index (χ4v) is 3.46. The first-order valence-electron chi connectivity index (χ1n) is 6.97. The topological polar surface area (TPSA) is 29.1 Å².